The second-order valence-corrected chi connectivity index (χ2v) is 7.88. The molecule has 0 N–H and O–H groups in total. The van der Waals surface area contributed by atoms with Gasteiger partial charge in [0.2, 0.25) is 0 Å². The average molecular weight is 499 g/mol. The number of para-hydroxylation sites is 1. The topological polar surface area (TPSA) is 34.6 Å². The Hall–Kier alpha value is -2.37. The molecule has 0 aliphatic carbocycles. The number of hydrogen-bond acceptors (Lipinski definition) is 4. The lowest BCUT2D eigenvalue weighted by atomic mass is 9.90. The fraction of sp³-hybridized carbons (Fsp3) is 0.370. The lowest BCUT2D eigenvalue weighted by Gasteiger charge is -2.32. The number of hydrogen-bond donors (Lipinski definition) is 0. The normalized spacial score (nSPS) is 15.6. The van der Waals surface area contributed by atoms with Crippen LogP contribution in [0.15, 0.2) is 79.1 Å². The Labute approximate surface area is 203 Å². The zero-order valence-corrected chi connectivity index (χ0v) is 20.9. The highest BCUT2D eigenvalue weighted by atomic mass is 79.9. The summed E-state index contributed by atoms with van der Waals surface area (Å²) in [6.07, 6.45) is 7.45. The van der Waals surface area contributed by atoms with Crippen LogP contribution in [0.4, 0.5) is 0 Å². The second kappa shape index (κ2) is 14.6. The van der Waals surface area contributed by atoms with Gasteiger partial charge in [0.15, 0.2) is 0 Å². The number of likely N-dealkylation sites (tertiary alicyclic amines) is 1. The number of halogens is 1. The zero-order valence-electron chi connectivity index (χ0n) is 19.2. The number of methoxy groups -OCH3 is 1. The Morgan fingerprint density at radius 1 is 1.00 bits per heavy atom. The predicted octanol–water partition coefficient (Wildman–Crippen LogP) is 6.52. The van der Waals surface area contributed by atoms with Gasteiger partial charge in [-0.15, -0.1) is 17.0 Å². The summed E-state index contributed by atoms with van der Waals surface area (Å²) in [5, 5.41) is 0. The van der Waals surface area contributed by atoms with E-state index in [1.807, 2.05) is 54.7 Å². The molecule has 1 saturated heterocycles. The van der Waals surface area contributed by atoms with Gasteiger partial charge in [0, 0.05) is 24.5 Å². The van der Waals surface area contributed by atoms with Crippen LogP contribution < -0.4 is 9.47 Å². The average Bonchev–Trinajstić information content (AvgIpc) is 2.85. The van der Waals surface area contributed by atoms with E-state index in [2.05, 4.69) is 35.0 Å². The van der Waals surface area contributed by atoms with Gasteiger partial charge in [-0.2, -0.15) is 0 Å². The van der Waals surface area contributed by atoms with Crippen molar-refractivity contribution in [2.24, 2.45) is 0 Å². The Morgan fingerprint density at radius 2 is 1.81 bits per heavy atom. The molecule has 0 bridgehead atoms. The first-order chi connectivity index (χ1) is 15.3. The van der Waals surface area contributed by atoms with E-state index < -0.39 is 0 Å². The maximum Gasteiger partial charge on any atom is 0.119 e. The van der Waals surface area contributed by atoms with E-state index in [0.29, 0.717) is 12.5 Å². The van der Waals surface area contributed by atoms with E-state index in [0.717, 1.165) is 17.1 Å². The summed E-state index contributed by atoms with van der Waals surface area (Å²) in [4.78, 5) is 6.61. The van der Waals surface area contributed by atoms with Crippen LogP contribution in [0, 0.1) is 0 Å². The summed E-state index contributed by atoms with van der Waals surface area (Å²) in [6.45, 7) is 6.54. The van der Waals surface area contributed by atoms with Gasteiger partial charge in [-0.25, -0.2) is 0 Å². The van der Waals surface area contributed by atoms with Crippen molar-refractivity contribution in [3.05, 3.63) is 90.3 Å². The number of pyridine rings is 1. The molecule has 0 saturated carbocycles. The number of ether oxygens (including phenoxy) is 2. The first-order valence-electron chi connectivity index (χ1n) is 11.2. The molecule has 5 heteroatoms. The van der Waals surface area contributed by atoms with Crippen molar-refractivity contribution in [3.8, 4) is 11.5 Å². The Kier molecular flexibility index (Phi) is 11.8. The molecule has 1 atom stereocenters. The number of rotatable bonds is 7. The number of nitrogens with zero attached hydrogens (tertiary/aromatic N) is 2. The monoisotopic (exact) mass is 498 g/mol. The molecule has 1 unspecified atom stereocenters. The molecule has 1 aliphatic rings. The summed E-state index contributed by atoms with van der Waals surface area (Å²) in [5.74, 6) is 2.55. The maximum absolute atomic E-state index is 5.55. The Bertz CT molecular complexity index is 836. The van der Waals surface area contributed by atoms with Crippen molar-refractivity contribution in [2.45, 2.75) is 38.7 Å². The van der Waals surface area contributed by atoms with Gasteiger partial charge in [0.1, 0.15) is 18.1 Å². The second-order valence-electron chi connectivity index (χ2n) is 7.88. The Balaban J connectivity index is 0.000000224. The minimum atomic E-state index is 0. The third-order valence-electron chi connectivity index (χ3n) is 5.48. The van der Waals surface area contributed by atoms with Gasteiger partial charge in [-0.1, -0.05) is 43.3 Å². The minimum Gasteiger partial charge on any atom is -0.497 e. The summed E-state index contributed by atoms with van der Waals surface area (Å²) < 4.78 is 10.9. The van der Waals surface area contributed by atoms with E-state index in [1.54, 1.807) is 13.3 Å². The first kappa shape index (κ1) is 25.9. The van der Waals surface area contributed by atoms with Crippen LogP contribution in [-0.2, 0) is 6.61 Å². The van der Waals surface area contributed by atoms with Gasteiger partial charge in [-0.3, -0.25) is 4.98 Å². The lowest BCUT2D eigenvalue weighted by molar-refractivity contribution is 0.208. The molecule has 1 fully saturated rings. The molecule has 4 rings (SSSR count). The number of aromatic nitrogens is 1. The predicted molar refractivity (Wildman–Crippen MR) is 137 cm³/mol. The van der Waals surface area contributed by atoms with Gasteiger partial charge in [0.25, 0.3) is 0 Å². The largest absolute Gasteiger partial charge is 0.497 e. The molecule has 2 heterocycles. The molecule has 172 valence electrons. The SMILES string of the molecule is Br.CCCN1CCCC(c2cccc(OC)c2)C1.c1ccc(OCc2cccnc2)cc1. The van der Waals surface area contributed by atoms with Crippen molar-refractivity contribution in [1.29, 1.82) is 0 Å². The van der Waals surface area contributed by atoms with Gasteiger partial charge < -0.3 is 14.4 Å². The first-order valence-corrected chi connectivity index (χ1v) is 11.2. The molecule has 0 amide bonds. The van der Waals surface area contributed by atoms with E-state index in [9.17, 15) is 0 Å². The minimum absolute atomic E-state index is 0. The highest BCUT2D eigenvalue weighted by Crippen LogP contribution is 2.29. The van der Waals surface area contributed by atoms with Crippen LogP contribution in [0.1, 0.15) is 43.2 Å². The fourth-order valence-electron chi connectivity index (χ4n) is 3.91. The van der Waals surface area contributed by atoms with Crippen LogP contribution in [0.5, 0.6) is 11.5 Å². The lowest BCUT2D eigenvalue weighted by Crippen LogP contribution is -2.34. The number of benzene rings is 2. The van der Waals surface area contributed by atoms with Gasteiger partial charge in [0.05, 0.1) is 7.11 Å². The highest BCUT2D eigenvalue weighted by molar-refractivity contribution is 8.93. The van der Waals surface area contributed by atoms with Crippen molar-refractivity contribution < 1.29 is 9.47 Å². The third-order valence-corrected chi connectivity index (χ3v) is 5.48. The fourth-order valence-corrected chi connectivity index (χ4v) is 3.91. The summed E-state index contributed by atoms with van der Waals surface area (Å²) in [6, 6.07) is 22.2. The zero-order chi connectivity index (χ0) is 21.7. The van der Waals surface area contributed by atoms with Crippen molar-refractivity contribution in [1.82, 2.24) is 9.88 Å². The van der Waals surface area contributed by atoms with Crippen LogP contribution >= 0.6 is 17.0 Å². The molecule has 0 spiro atoms. The van der Waals surface area contributed by atoms with E-state index in [4.69, 9.17) is 9.47 Å². The maximum atomic E-state index is 5.55. The molecule has 3 aromatic rings. The smallest absolute Gasteiger partial charge is 0.119 e. The van der Waals surface area contributed by atoms with E-state index in [1.165, 1.54) is 44.5 Å². The molecule has 0 radical (unpaired) electrons. The van der Waals surface area contributed by atoms with Crippen molar-refractivity contribution in [2.75, 3.05) is 26.7 Å². The Morgan fingerprint density at radius 3 is 2.53 bits per heavy atom. The van der Waals surface area contributed by atoms with Crippen LogP contribution in [-0.4, -0.2) is 36.6 Å². The van der Waals surface area contributed by atoms with Crippen LogP contribution in [0.2, 0.25) is 0 Å². The molecule has 1 aromatic heterocycles. The summed E-state index contributed by atoms with van der Waals surface area (Å²) in [7, 11) is 1.74. The third kappa shape index (κ3) is 8.64. The molecule has 32 heavy (non-hydrogen) atoms. The van der Waals surface area contributed by atoms with Crippen molar-refractivity contribution >= 4 is 17.0 Å². The summed E-state index contributed by atoms with van der Waals surface area (Å²) >= 11 is 0. The molecule has 1 aliphatic heterocycles. The van der Waals surface area contributed by atoms with Crippen LogP contribution in [0.3, 0.4) is 0 Å². The van der Waals surface area contributed by atoms with Crippen LogP contribution in [0.25, 0.3) is 0 Å². The molecule has 4 nitrogen and oxygen atoms in total. The van der Waals surface area contributed by atoms with Crippen molar-refractivity contribution in [3.63, 3.8) is 0 Å². The standard InChI is InChI=1S/C15H23NO.C12H11NO.BrH/c1-3-9-16-10-5-7-14(12-16)13-6-4-8-15(11-13)17-2;1-2-6-12(7-3-1)14-10-11-5-4-8-13-9-11;/h4,6,8,11,14H,3,5,7,9-10,12H2,1-2H3;1-9H,10H2;1H. The quantitative estimate of drug-likeness (QED) is 0.371. The molecular formula is C27H35BrN2O2. The van der Waals surface area contributed by atoms with E-state index in [-0.39, 0.29) is 17.0 Å². The summed E-state index contributed by atoms with van der Waals surface area (Å²) in [5.41, 5.74) is 2.52. The van der Waals surface area contributed by atoms with Gasteiger partial charge >= 0.3 is 0 Å². The molecule has 2 aromatic carbocycles. The number of piperidine rings is 1. The molecular weight excluding hydrogens is 464 g/mol. The highest BCUT2D eigenvalue weighted by Gasteiger charge is 2.20. The van der Waals surface area contributed by atoms with E-state index >= 15 is 0 Å². The van der Waals surface area contributed by atoms with Gasteiger partial charge in [-0.05, 0) is 74.2 Å².